The zero-order chi connectivity index (χ0) is 11.4. The van der Waals surface area contributed by atoms with Crippen molar-refractivity contribution in [1.29, 1.82) is 0 Å². The monoisotopic (exact) mass is 235 g/mol. The van der Waals surface area contributed by atoms with E-state index >= 15 is 0 Å². The largest absolute Gasteiger partial charge is 0.481 e. The molecule has 0 aromatic carbocycles. The van der Waals surface area contributed by atoms with Crippen molar-refractivity contribution in [3.63, 3.8) is 0 Å². The number of thiophene rings is 1. The Labute approximate surface area is 98.3 Å². The highest BCUT2D eigenvalue weighted by Gasteiger charge is 2.02. The van der Waals surface area contributed by atoms with Crippen LogP contribution < -0.4 is 10.1 Å². The first-order chi connectivity index (χ1) is 7.78. The van der Waals surface area contributed by atoms with Gasteiger partial charge in [0.2, 0.25) is 11.8 Å². The second-order valence-corrected chi connectivity index (χ2v) is 4.34. The van der Waals surface area contributed by atoms with Crippen LogP contribution in [-0.4, -0.2) is 17.1 Å². The van der Waals surface area contributed by atoms with Crippen LogP contribution in [0.5, 0.6) is 5.88 Å². The first kappa shape index (κ1) is 10.9. The van der Waals surface area contributed by atoms with Crippen LogP contribution in [-0.2, 0) is 6.54 Å². The molecule has 5 heteroatoms. The molecule has 0 bridgehead atoms. The van der Waals surface area contributed by atoms with Crippen molar-refractivity contribution in [1.82, 2.24) is 9.97 Å². The van der Waals surface area contributed by atoms with E-state index in [2.05, 4.69) is 26.7 Å². The first-order valence-corrected chi connectivity index (χ1v) is 5.82. The van der Waals surface area contributed by atoms with E-state index < -0.39 is 0 Å². The van der Waals surface area contributed by atoms with Gasteiger partial charge < -0.3 is 10.1 Å². The Hall–Kier alpha value is -1.62. The number of anilines is 1. The topological polar surface area (TPSA) is 47.0 Å². The van der Waals surface area contributed by atoms with Gasteiger partial charge in [0.15, 0.2) is 0 Å². The number of aromatic nitrogens is 2. The minimum atomic E-state index is 0.584. The Morgan fingerprint density at radius 1 is 1.44 bits per heavy atom. The van der Waals surface area contributed by atoms with Crippen LogP contribution in [0.4, 0.5) is 5.95 Å². The molecule has 0 aliphatic rings. The summed E-state index contributed by atoms with van der Waals surface area (Å²) >= 11 is 1.71. The van der Waals surface area contributed by atoms with Crippen LogP contribution in [0, 0.1) is 6.92 Å². The number of nitrogens with zero attached hydrogens (tertiary/aromatic N) is 2. The molecule has 16 heavy (non-hydrogen) atoms. The van der Waals surface area contributed by atoms with Crippen molar-refractivity contribution in [2.75, 3.05) is 12.4 Å². The van der Waals surface area contributed by atoms with Gasteiger partial charge in [-0.1, -0.05) is 6.07 Å². The van der Waals surface area contributed by atoms with Gasteiger partial charge in [-0.15, -0.1) is 11.3 Å². The van der Waals surface area contributed by atoms with Gasteiger partial charge in [-0.3, -0.25) is 0 Å². The highest BCUT2D eigenvalue weighted by molar-refractivity contribution is 7.09. The van der Waals surface area contributed by atoms with E-state index in [4.69, 9.17) is 4.74 Å². The minimum absolute atomic E-state index is 0.584. The van der Waals surface area contributed by atoms with Gasteiger partial charge in [-0.25, -0.2) is 4.98 Å². The molecule has 4 nitrogen and oxygen atoms in total. The molecule has 0 unspecified atom stereocenters. The average Bonchev–Trinajstić information content (AvgIpc) is 2.78. The van der Waals surface area contributed by atoms with Crippen LogP contribution in [0.25, 0.3) is 0 Å². The Morgan fingerprint density at radius 3 is 3.00 bits per heavy atom. The molecule has 0 atom stereocenters. The van der Waals surface area contributed by atoms with Gasteiger partial charge in [0.1, 0.15) is 0 Å². The highest BCUT2D eigenvalue weighted by Crippen LogP contribution is 2.13. The quantitative estimate of drug-likeness (QED) is 0.884. The number of rotatable bonds is 4. The average molecular weight is 235 g/mol. The molecule has 2 rings (SSSR count). The van der Waals surface area contributed by atoms with E-state index in [-0.39, 0.29) is 0 Å². The summed E-state index contributed by atoms with van der Waals surface area (Å²) < 4.78 is 5.08. The summed E-state index contributed by atoms with van der Waals surface area (Å²) in [6.45, 7) is 2.66. The fourth-order valence-corrected chi connectivity index (χ4v) is 1.95. The molecule has 0 amide bonds. The van der Waals surface area contributed by atoms with E-state index in [1.807, 2.05) is 13.0 Å². The third kappa shape index (κ3) is 2.70. The molecule has 2 aromatic rings. The molecule has 0 aliphatic heterocycles. The molecule has 0 fully saturated rings. The summed E-state index contributed by atoms with van der Waals surface area (Å²) in [7, 11) is 1.60. The summed E-state index contributed by atoms with van der Waals surface area (Å²) in [5.74, 6) is 1.19. The molecule has 2 heterocycles. The summed E-state index contributed by atoms with van der Waals surface area (Å²) in [5.41, 5.74) is 0.889. The fraction of sp³-hybridized carbons (Fsp3) is 0.273. The van der Waals surface area contributed by atoms with Crippen LogP contribution in [0.1, 0.15) is 10.6 Å². The lowest BCUT2D eigenvalue weighted by Gasteiger charge is -2.06. The predicted molar refractivity (Wildman–Crippen MR) is 65.0 cm³/mol. The lowest BCUT2D eigenvalue weighted by molar-refractivity contribution is 0.397. The van der Waals surface area contributed by atoms with Gasteiger partial charge in [0, 0.05) is 16.6 Å². The van der Waals surface area contributed by atoms with Crippen molar-refractivity contribution in [3.05, 3.63) is 34.2 Å². The van der Waals surface area contributed by atoms with Crippen molar-refractivity contribution in [2.24, 2.45) is 0 Å². The first-order valence-electron chi connectivity index (χ1n) is 4.94. The second kappa shape index (κ2) is 4.94. The lowest BCUT2D eigenvalue weighted by Crippen LogP contribution is -2.04. The number of hydrogen-bond acceptors (Lipinski definition) is 5. The number of nitrogens with one attached hydrogen (secondary N) is 1. The van der Waals surface area contributed by atoms with Gasteiger partial charge in [-0.05, 0) is 18.4 Å². The predicted octanol–water partition coefficient (Wildman–Crippen LogP) is 2.47. The number of ether oxygens (including phenoxy) is 1. The Balaban J connectivity index is 2.06. The maximum atomic E-state index is 5.08. The third-order valence-corrected chi connectivity index (χ3v) is 2.92. The Morgan fingerprint density at radius 2 is 2.31 bits per heavy atom. The molecule has 0 aliphatic carbocycles. The van der Waals surface area contributed by atoms with Gasteiger partial charge in [-0.2, -0.15) is 4.98 Å². The van der Waals surface area contributed by atoms with Crippen molar-refractivity contribution < 1.29 is 4.74 Å². The molecule has 0 radical (unpaired) electrons. The zero-order valence-electron chi connectivity index (χ0n) is 9.23. The molecular formula is C11H13N3OS. The molecule has 0 saturated heterocycles. The lowest BCUT2D eigenvalue weighted by atomic mass is 10.4. The molecule has 0 spiro atoms. The fourth-order valence-electron chi connectivity index (χ4n) is 1.30. The van der Waals surface area contributed by atoms with E-state index in [0.717, 1.165) is 12.2 Å². The number of aryl methyl sites for hydroxylation is 1. The van der Waals surface area contributed by atoms with E-state index in [1.165, 1.54) is 4.88 Å². The zero-order valence-corrected chi connectivity index (χ0v) is 10.0. The highest BCUT2D eigenvalue weighted by atomic mass is 32.1. The molecule has 0 saturated carbocycles. The summed E-state index contributed by atoms with van der Waals surface area (Å²) in [4.78, 5) is 9.75. The summed E-state index contributed by atoms with van der Waals surface area (Å²) in [6, 6.07) is 5.90. The standard InChI is InChI=1S/C11H13N3OS/c1-8-6-10(15-2)14-11(13-8)12-7-9-4-3-5-16-9/h3-6H,7H2,1-2H3,(H,12,13,14). The number of hydrogen-bond donors (Lipinski definition) is 1. The maximum Gasteiger partial charge on any atom is 0.226 e. The number of methoxy groups -OCH3 is 1. The summed E-state index contributed by atoms with van der Waals surface area (Å²) in [6.07, 6.45) is 0. The summed E-state index contributed by atoms with van der Waals surface area (Å²) in [5, 5.41) is 5.22. The normalized spacial score (nSPS) is 10.1. The second-order valence-electron chi connectivity index (χ2n) is 3.31. The van der Waals surface area contributed by atoms with Gasteiger partial charge >= 0.3 is 0 Å². The third-order valence-electron chi connectivity index (χ3n) is 2.04. The van der Waals surface area contributed by atoms with Gasteiger partial charge in [0.25, 0.3) is 0 Å². The maximum absolute atomic E-state index is 5.08. The molecule has 1 N–H and O–H groups in total. The van der Waals surface area contributed by atoms with E-state index in [9.17, 15) is 0 Å². The smallest absolute Gasteiger partial charge is 0.226 e. The van der Waals surface area contributed by atoms with Crippen LogP contribution in [0.15, 0.2) is 23.6 Å². The van der Waals surface area contributed by atoms with E-state index in [1.54, 1.807) is 24.5 Å². The SMILES string of the molecule is COc1cc(C)nc(NCc2cccs2)n1. The van der Waals surface area contributed by atoms with Crippen molar-refractivity contribution in [2.45, 2.75) is 13.5 Å². The van der Waals surface area contributed by atoms with Gasteiger partial charge in [0.05, 0.1) is 13.7 Å². The van der Waals surface area contributed by atoms with E-state index in [0.29, 0.717) is 11.8 Å². The molecule has 84 valence electrons. The van der Waals surface area contributed by atoms with Crippen LogP contribution in [0.3, 0.4) is 0 Å². The van der Waals surface area contributed by atoms with Crippen molar-refractivity contribution >= 4 is 17.3 Å². The molecular weight excluding hydrogens is 222 g/mol. The Bertz CT molecular complexity index is 456. The Kier molecular flexibility index (Phi) is 3.36. The van der Waals surface area contributed by atoms with Crippen molar-refractivity contribution in [3.8, 4) is 5.88 Å². The molecule has 2 aromatic heterocycles. The van der Waals surface area contributed by atoms with Crippen LogP contribution >= 0.6 is 11.3 Å². The minimum Gasteiger partial charge on any atom is -0.481 e. The van der Waals surface area contributed by atoms with Crippen LogP contribution in [0.2, 0.25) is 0 Å².